The molecule has 0 aliphatic rings. The fourth-order valence-corrected chi connectivity index (χ4v) is 5.20. The number of aromatic nitrogens is 1. The molecule has 0 spiro atoms. The number of nitrogens with one attached hydrogen (secondary N) is 2. The highest BCUT2D eigenvalue weighted by atomic mass is 35.5. The summed E-state index contributed by atoms with van der Waals surface area (Å²) in [7, 11) is -5.55. The van der Waals surface area contributed by atoms with E-state index in [1.54, 1.807) is 41.0 Å². The van der Waals surface area contributed by atoms with E-state index < -0.39 is 27.6 Å². The largest absolute Gasteiger partial charge is 0.516 e. The minimum Gasteiger partial charge on any atom is -0.477 e. The summed E-state index contributed by atoms with van der Waals surface area (Å²) in [6.45, 7) is 2.39. The molecule has 1 aromatic heterocycles. The van der Waals surface area contributed by atoms with Gasteiger partial charge in [-0.2, -0.15) is 21.6 Å². The molecule has 0 aliphatic heterocycles. The molecule has 0 fully saturated rings. The SMILES string of the molecule is CC(Cc1ccc2c(c1)cc(C(=O)O)n2Cc1ccc(NS(=O)(=O)C(F)(F)F)cc1)NCC(O)c1cccc(Cl)c1. The lowest BCUT2D eigenvalue weighted by Gasteiger charge is -2.18. The Balaban J connectivity index is 1.46. The zero-order chi connectivity index (χ0) is 29.9. The molecule has 1 heterocycles. The Morgan fingerprint density at radius 1 is 1.02 bits per heavy atom. The number of hydrogen-bond acceptors (Lipinski definition) is 5. The molecule has 0 radical (unpaired) electrons. The van der Waals surface area contributed by atoms with Gasteiger partial charge in [-0.1, -0.05) is 41.9 Å². The van der Waals surface area contributed by atoms with Gasteiger partial charge in [-0.3, -0.25) is 4.72 Å². The average Bonchev–Trinajstić information content (AvgIpc) is 3.25. The van der Waals surface area contributed by atoms with E-state index in [1.807, 2.05) is 19.1 Å². The predicted octanol–water partition coefficient (Wildman–Crippen LogP) is 5.56. The van der Waals surface area contributed by atoms with Crippen LogP contribution in [0.15, 0.2) is 72.8 Å². The van der Waals surface area contributed by atoms with E-state index in [2.05, 4.69) is 5.32 Å². The van der Waals surface area contributed by atoms with Crippen LogP contribution in [-0.4, -0.2) is 47.3 Å². The van der Waals surface area contributed by atoms with Crippen LogP contribution < -0.4 is 10.0 Å². The molecule has 0 saturated carbocycles. The number of carbonyl (C=O) groups is 1. The minimum absolute atomic E-state index is 0.00408. The van der Waals surface area contributed by atoms with Crippen LogP contribution in [0.2, 0.25) is 5.02 Å². The second-order valence-corrected chi connectivity index (χ2v) is 11.8. The molecule has 218 valence electrons. The van der Waals surface area contributed by atoms with Crippen molar-refractivity contribution in [2.24, 2.45) is 0 Å². The van der Waals surface area contributed by atoms with Crippen molar-refractivity contribution < 1.29 is 36.6 Å². The Morgan fingerprint density at radius 2 is 1.71 bits per heavy atom. The van der Waals surface area contributed by atoms with Crippen molar-refractivity contribution in [1.82, 2.24) is 9.88 Å². The molecule has 3 aromatic carbocycles. The Hall–Kier alpha value is -3.58. The molecular formula is C28H27ClF3N3O5S. The Bertz CT molecular complexity index is 1660. The number of aromatic carboxylic acids is 1. The zero-order valence-electron chi connectivity index (χ0n) is 21.7. The number of carboxylic acid groups (broad SMARTS) is 1. The molecule has 41 heavy (non-hydrogen) atoms. The molecule has 2 unspecified atom stereocenters. The molecular weight excluding hydrogens is 583 g/mol. The van der Waals surface area contributed by atoms with Crippen LogP contribution in [0, 0.1) is 0 Å². The number of carboxylic acids is 1. The van der Waals surface area contributed by atoms with Crippen molar-refractivity contribution >= 4 is 44.2 Å². The van der Waals surface area contributed by atoms with Gasteiger partial charge in [0.25, 0.3) is 0 Å². The van der Waals surface area contributed by atoms with Gasteiger partial charge < -0.3 is 20.1 Å². The van der Waals surface area contributed by atoms with Crippen molar-refractivity contribution in [1.29, 1.82) is 0 Å². The standard InChI is InChI=1S/C28H27ClF3N3O5S/c1-17(33-15-26(36)20-3-2-4-22(29)13-20)11-19-7-10-24-21(12-19)14-25(27(37)38)35(24)16-18-5-8-23(9-6-18)34-41(39,40)28(30,31)32/h2-10,12-14,17,26,33-34,36H,11,15-16H2,1H3,(H,37,38). The summed E-state index contributed by atoms with van der Waals surface area (Å²) < 4.78 is 63.6. The number of rotatable bonds is 11. The van der Waals surface area contributed by atoms with Crippen LogP contribution in [-0.2, 0) is 23.0 Å². The second kappa shape index (κ2) is 12.1. The highest BCUT2D eigenvalue weighted by Gasteiger charge is 2.46. The minimum atomic E-state index is -5.55. The number of sulfonamides is 1. The summed E-state index contributed by atoms with van der Waals surface area (Å²) in [6.07, 6.45) is -0.120. The van der Waals surface area contributed by atoms with E-state index in [0.717, 1.165) is 5.56 Å². The Labute approximate surface area is 239 Å². The third-order valence-electron chi connectivity index (χ3n) is 6.47. The fraction of sp³-hybridized carbons (Fsp3) is 0.250. The topological polar surface area (TPSA) is 121 Å². The van der Waals surface area contributed by atoms with Gasteiger partial charge >= 0.3 is 21.5 Å². The van der Waals surface area contributed by atoms with E-state index in [0.29, 0.717) is 40.0 Å². The summed E-state index contributed by atoms with van der Waals surface area (Å²) in [5.41, 5.74) is -2.84. The molecule has 0 amide bonds. The smallest absolute Gasteiger partial charge is 0.477 e. The molecule has 4 rings (SSSR count). The van der Waals surface area contributed by atoms with Crippen LogP contribution in [0.3, 0.4) is 0 Å². The van der Waals surface area contributed by atoms with Gasteiger partial charge in [-0.15, -0.1) is 0 Å². The number of hydrogen-bond donors (Lipinski definition) is 4. The normalized spacial score (nSPS) is 13.7. The Morgan fingerprint density at radius 3 is 2.34 bits per heavy atom. The summed E-state index contributed by atoms with van der Waals surface area (Å²) in [5.74, 6) is -1.15. The first-order valence-electron chi connectivity index (χ1n) is 12.4. The fourth-order valence-electron chi connectivity index (χ4n) is 4.44. The number of nitrogens with zero attached hydrogens (tertiary/aromatic N) is 1. The van der Waals surface area contributed by atoms with Crippen LogP contribution >= 0.6 is 11.6 Å². The number of aliphatic hydroxyl groups is 1. The predicted molar refractivity (Wildman–Crippen MR) is 151 cm³/mol. The third kappa shape index (κ3) is 7.39. The first-order chi connectivity index (χ1) is 19.2. The highest BCUT2D eigenvalue weighted by Crippen LogP contribution is 2.27. The second-order valence-electron chi connectivity index (χ2n) is 9.65. The molecule has 13 heteroatoms. The summed E-state index contributed by atoms with van der Waals surface area (Å²) in [5, 5.41) is 24.8. The Kier molecular flexibility index (Phi) is 8.97. The molecule has 0 bridgehead atoms. The van der Waals surface area contributed by atoms with Gasteiger partial charge in [0, 0.05) is 40.7 Å². The summed E-state index contributed by atoms with van der Waals surface area (Å²) in [4.78, 5) is 12.0. The van der Waals surface area contributed by atoms with Crippen LogP contribution in [0.5, 0.6) is 0 Å². The maximum Gasteiger partial charge on any atom is 0.516 e. The highest BCUT2D eigenvalue weighted by molar-refractivity contribution is 7.93. The van der Waals surface area contributed by atoms with Gasteiger partial charge in [0.1, 0.15) is 5.69 Å². The van der Waals surface area contributed by atoms with Crippen molar-refractivity contribution in [2.45, 2.75) is 37.5 Å². The summed E-state index contributed by atoms with van der Waals surface area (Å²) in [6, 6.07) is 19.3. The quantitative estimate of drug-likeness (QED) is 0.177. The number of halogens is 4. The maximum absolute atomic E-state index is 12.6. The molecule has 4 N–H and O–H groups in total. The lowest BCUT2D eigenvalue weighted by atomic mass is 10.0. The molecule has 8 nitrogen and oxygen atoms in total. The van der Waals surface area contributed by atoms with Gasteiger partial charge in [-0.25, -0.2) is 4.79 Å². The van der Waals surface area contributed by atoms with Crippen LogP contribution in [0.25, 0.3) is 10.9 Å². The lowest BCUT2D eigenvalue weighted by molar-refractivity contribution is -0.0429. The molecule has 0 aliphatic carbocycles. The zero-order valence-corrected chi connectivity index (χ0v) is 23.3. The average molecular weight is 610 g/mol. The number of alkyl halides is 3. The number of aliphatic hydroxyl groups excluding tert-OH is 1. The van der Waals surface area contributed by atoms with E-state index >= 15 is 0 Å². The van der Waals surface area contributed by atoms with E-state index in [4.69, 9.17) is 11.6 Å². The van der Waals surface area contributed by atoms with Crippen molar-refractivity contribution in [3.8, 4) is 0 Å². The first kappa shape index (κ1) is 30.4. The molecule has 4 aromatic rings. The van der Waals surface area contributed by atoms with E-state index in [-0.39, 0.29) is 24.0 Å². The lowest BCUT2D eigenvalue weighted by Crippen LogP contribution is -2.32. The molecule has 2 atom stereocenters. The van der Waals surface area contributed by atoms with Gasteiger partial charge in [-0.05, 0) is 72.5 Å². The maximum atomic E-state index is 12.6. The van der Waals surface area contributed by atoms with Crippen molar-refractivity contribution in [3.05, 3.63) is 100 Å². The number of benzene rings is 3. The third-order valence-corrected chi connectivity index (χ3v) is 7.82. The van der Waals surface area contributed by atoms with E-state index in [1.165, 1.54) is 29.0 Å². The monoisotopic (exact) mass is 609 g/mol. The molecule has 0 saturated heterocycles. The van der Waals surface area contributed by atoms with Crippen LogP contribution in [0.4, 0.5) is 18.9 Å². The summed E-state index contributed by atoms with van der Waals surface area (Å²) >= 11 is 6.00. The number of fused-ring (bicyclic) bond motifs is 1. The van der Waals surface area contributed by atoms with Crippen molar-refractivity contribution in [2.75, 3.05) is 11.3 Å². The van der Waals surface area contributed by atoms with Crippen LogP contribution in [0.1, 0.15) is 40.2 Å². The van der Waals surface area contributed by atoms with Crippen molar-refractivity contribution in [3.63, 3.8) is 0 Å². The first-order valence-corrected chi connectivity index (χ1v) is 14.3. The van der Waals surface area contributed by atoms with Gasteiger partial charge in [0.15, 0.2) is 0 Å². The van der Waals surface area contributed by atoms with E-state index in [9.17, 15) is 36.6 Å². The number of anilines is 1. The van der Waals surface area contributed by atoms with Gasteiger partial charge in [0.2, 0.25) is 0 Å². The van der Waals surface area contributed by atoms with Gasteiger partial charge in [0.05, 0.1) is 6.10 Å².